The van der Waals surface area contributed by atoms with Crippen LogP contribution in [0.15, 0.2) is 65.6 Å². The highest BCUT2D eigenvalue weighted by atomic mass is 32.2. The number of carbonyl (C=O) groups is 1. The average Bonchev–Trinajstić information content (AvgIpc) is 2.77. The molecule has 1 N–H and O–H groups in total. The highest BCUT2D eigenvalue weighted by Gasteiger charge is 2.36. The van der Waals surface area contributed by atoms with Crippen LogP contribution in [0.5, 0.6) is 0 Å². The van der Waals surface area contributed by atoms with E-state index in [0.29, 0.717) is 17.7 Å². The van der Waals surface area contributed by atoms with Gasteiger partial charge in [-0.3, -0.25) is 9.10 Å². The number of hydrogen-bond acceptors (Lipinski definition) is 3. The maximum absolute atomic E-state index is 13.4. The largest absolute Gasteiger partial charge is 0.348 e. The Morgan fingerprint density at radius 3 is 2.41 bits per heavy atom. The summed E-state index contributed by atoms with van der Waals surface area (Å²) < 4.78 is 28.1. The van der Waals surface area contributed by atoms with Gasteiger partial charge >= 0.3 is 0 Å². The molecule has 1 amide bonds. The maximum atomic E-state index is 13.4. The van der Waals surface area contributed by atoms with Crippen LogP contribution in [0.25, 0.3) is 11.1 Å². The summed E-state index contributed by atoms with van der Waals surface area (Å²) in [4.78, 5) is 13.3. The average molecular weight is 449 g/mol. The Morgan fingerprint density at radius 1 is 0.938 bits per heavy atom. The smallest absolute Gasteiger partial charge is 0.265 e. The lowest BCUT2D eigenvalue weighted by molar-refractivity contribution is -0.120. The molecule has 5 nitrogen and oxygen atoms in total. The summed E-state index contributed by atoms with van der Waals surface area (Å²) in [7, 11) is -3.85. The van der Waals surface area contributed by atoms with Crippen LogP contribution in [0.4, 0.5) is 5.69 Å². The van der Waals surface area contributed by atoms with E-state index in [9.17, 15) is 13.2 Å². The van der Waals surface area contributed by atoms with Crippen molar-refractivity contribution in [3.05, 3.63) is 82.9 Å². The fourth-order valence-corrected chi connectivity index (χ4v) is 5.84. The lowest BCUT2D eigenvalue weighted by atomic mass is 9.99. The Kier molecular flexibility index (Phi) is 5.82. The topological polar surface area (TPSA) is 66.5 Å². The van der Waals surface area contributed by atoms with Gasteiger partial charge in [-0.05, 0) is 62.1 Å². The summed E-state index contributed by atoms with van der Waals surface area (Å²) in [5, 5.41) is 3.04. The van der Waals surface area contributed by atoms with Crippen molar-refractivity contribution in [3.8, 4) is 11.1 Å². The molecule has 1 aliphatic heterocycles. The molecular weight excluding hydrogens is 420 g/mol. The third-order valence-corrected chi connectivity index (χ3v) is 7.95. The zero-order chi connectivity index (χ0) is 23.0. The molecule has 0 bridgehead atoms. The Hall–Kier alpha value is -3.12. The SMILES string of the molecule is CC[C@H](NC(=O)CN1c2ccc(C)cc2-c2ccccc2S1(=O)=O)c1ccc(C)c(C)c1. The van der Waals surface area contributed by atoms with E-state index in [0.717, 1.165) is 22.3 Å². The minimum atomic E-state index is -3.85. The Morgan fingerprint density at radius 2 is 1.69 bits per heavy atom. The molecule has 6 heteroatoms. The molecular formula is C26H28N2O3S. The number of benzene rings is 3. The first-order valence-electron chi connectivity index (χ1n) is 10.8. The fraction of sp³-hybridized carbons (Fsp3) is 0.269. The van der Waals surface area contributed by atoms with E-state index in [4.69, 9.17) is 0 Å². The standard InChI is InChI=1S/C26H28N2O3S/c1-5-23(20-12-11-18(3)19(4)15-20)27-26(29)16-28-24-13-10-17(2)14-22(24)21-8-6-7-9-25(21)32(28,30)31/h6-15,23H,5,16H2,1-4H3,(H,27,29)/t23-/m0/s1. The summed E-state index contributed by atoms with van der Waals surface area (Å²) in [5.41, 5.74) is 6.43. The molecule has 0 radical (unpaired) electrons. The minimum Gasteiger partial charge on any atom is -0.348 e. The second-order valence-electron chi connectivity index (χ2n) is 8.40. The predicted octanol–water partition coefficient (Wildman–Crippen LogP) is 5.06. The van der Waals surface area contributed by atoms with E-state index in [1.54, 1.807) is 18.2 Å². The zero-order valence-corrected chi connectivity index (χ0v) is 19.7. The van der Waals surface area contributed by atoms with Crippen LogP contribution in [0.1, 0.15) is 41.6 Å². The van der Waals surface area contributed by atoms with Crippen molar-refractivity contribution in [2.24, 2.45) is 0 Å². The number of nitrogens with zero attached hydrogens (tertiary/aromatic N) is 1. The van der Waals surface area contributed by atoms with Crippen molar-refractivity contribution in [2.75, 3.05) is 10.8 Å². The van der Waals surface area contributed by atoms with Crippen molar-refractivity contribution in [3.63, 3.8) is 0 Å². The van der Waals surface area contributed by atoms with Gasteiger partial charge in [-0.25, -0.2) is 8.42 Å². The van der Waals surface area contributed by atoms with E-state index in [-0.39, 0.29) is 23.4 Å². The second-order valence-corrected chi connectivity index (χ2v) is 10.2. The van der Waals surface area contributed by atoms with Gasteiger partial charge in [0.1, 0.15) is 6.54 Å². The van der Waals surface area contributed by atoms with Crippen molar-refractivity contribution in [2.45, 2.75) is 45.1 Å². The predicted molar refractivity (Wildman–Crippen MR) is 128 cm³/mol. The van der Waals surface area contributed by atoms with Gasteiger partial charge in [0.25, 0.3) is 10.0 Å². The van der Waals surface area contributed by atoms with Crippen LogP contribution in [-0.2, 0) is 14.8 Å². The van der Waals surface area contributed by atoms with E-state index in [1.807, 2.05) is 57.2 Å². The third-order valence-electron chi connectivity index (χ3n) is 6.13. The number of carbonyl (C=O) groups excluding carboxylic acids is 1. The van der Waals surface area contributed by atoms with Crippen molar-refractivity contribution in [1.82, 2.24) is 5.32 Å². The minimum absolute atomic E-state index is 0.181. The van der Waals surface area contributed by atoms with Crippen molar-refractivity contribution >= 4 is 21.6 Å². The maximum Gasteiger partial charge on any atom is 0.265 e. The normalized spacial score (nSPS) is 14.9. The van der Waals surface area contributed by atoms with E-state index in [1.165, 1.54) is 9.87 Å². The molecule has 1 heterocycles. The summed E-state index contributed by atoms with van der Waals surface area (Å²) in [6.45, 7) is 7.81. The van der Waals surface area contributed by atoms with E-state index >= 15 is 0 Å². The van der Waals surface area contributed by atoms with Crippen LogP contribution in [-0.4, -0.2) is 20.9 Å². The first-order chi connectivity index (χ1) is 15.2. The summed E-state index contributed by atoms with van der Waals surface area (Å²) in [6, 6.07) is 18.5. The fourth-order valence-electron chi connectivity index (χ4n) is 4.19. The van der Waals surface area contributed by atoms with Crippen LogP contribution in [0.2, 0.25) is 0 Å². The highest BCUT2D eigenvalue weighted by molar-refractivity contribution is 7.93. The molecule has 0 saturated heterocycles. The van der Waals surface area contributed by atoms with Crippen molar-refractivity contribution in [1.29, 1.82) is 0 Å². The number of sulfonamides is 1. The molecule has 0 unspecified atom stereocenters. The van der Waals surface area contributed by atoms with Gasteiger partial charge in [-0.1, -0.05) is 55.0 Å². The monoisotopic (exact) mass is 448 g/mol. The molecule has 0 fully saturated rings. The number of hydrogen-bond donors (Lipinski definition) is 1. The first-order valence-corrected chi connectivity index (χ1v) is 12.3. The van der Waals surface area contributed by atoms with Gasteiger partial charge in [-0.15, -0.1) is 0 Å². The molecule has 0 saturated carbocycles. The van der Waals surface area contributed by atoms with Crippen LogP contribution in [0, 0.1) is 20.8 Å². The molecule has 1 aliphatic rings. The van der Waals surface area contributed by atoms with Gasteiger partial charge in [-0.2, -0.15) is 0 Å². The first kappa shape index (κ1) is 22.1. The molecule has 0 aromatic heterocycles. The van der Waals surface area contributed by atoms with Crippen LogP contribution >= 0.6 is 0 Å². The molecule has 0 aliphatic carbocycles. The quantitative estimate of drug-likeness (QED) is 0.594. The summed E-state index contributed by atoms with van der Waals surface area (Å²) >= 11 is 0. The molecule has 1 atom stereocenters. The number of fused-ring (bicyclic) bond motifs is 3. The second kappa shape index (κ2) is 8.43. The molecule has 3 aromatic rings. The molecule has 32 heavy (non-hydrogen) atoms. The van der Waals surface area contributed by atoms with Crippen LogP contribution < -0.4 is 9.62 Å². The van der Waals surface area contributed by atoms with Gasteiger partial charge in [0, 0.05) is 11.1 Å². The lowest BCUT2D eigenvalue weighted by Crippen LogP contribution is -2.43. The Balaban J connectivity index is 1.66. The molecule has 4 rings (SSSR count). The lowest BCUT2D eigenvalue weighted by Gasteiger charge is -2.32. The Labute approximate surface area is 190 Å². The number of rotatable bonds is 5. The van der Waals surface area contributed by atoms with Gasteiger partial charge in [0.05, 0.1) is 16.6 Å². The molecule has 3 aromatic carbocycles. The zero-order valence-electron chi connectivity index (χ0n) is 18.8. The summed E-state index contributed by atoms with van der Waals surface area (Å²) in [5.74, 6) is -0.329. The number of anilines is 1. The van der Waals surface area contributed by atoms with Gasteiger partial charge < -0.3 is 5.32 Å². The number of aryl methyl sites for hydroxylation is 3. The third kappa shape index (κ3) is 3.91. The van der Waals surface area contributed by atoms with E-state index in [2.05, 4.69) is 18.3 Å². The Bertz CT molecular complexity index is 1300. The molecule has 166 valence electrons. The van der Waals surface area contributed by atoms with Gasteiger partial charge in [0.15, 0.2) is 0 Å². The van der Waals surface area contributed by atoms with Crippen LogP contribution in [0.3, 0.4) is 0 Å². The number of amides is 1. The van der Waals surface area contributed by atoms with Crippen molar-refractivity contribution < 1.29 is 13.2 Å². The number of nitrogens with one attached hydrogen (secondary N) is 1. The van der Waals surface area contributed by atoms with E-state index < -0.39 is 10.0 Å². The summed E-state index contributed by atoms with van der Waals surface area (Å²) in [6.07, 6.45) is 0.708. The van der Waals surface area contributed by atoms with Gasteiger partial charge in [0.2, 0.25) is 5.91 Å². The highest BCUT2D eigenvalue weighted by Crippen LogP contribution is 2.43. The molecule has 0 spiro atoms.